The van der Waals surface area contributed by atoms with E-state index in [9.17, 15) is 13.9 Å². The number of hydrogen-bond acceptors (Lipinski definition) is 4. The Morgan fingerprint density at radius 1 is 1.50 bits per heavy atom. The average Bonchev–Trinajstić information content (AvgIpc) is 2.68. The van der Waals surface area contributed by atoms with Gasteiger partial charge in [-0.05, 0) is 29.9 Å². The number of halogens is 2. The van der Waals surface area contributed by atoms with E-state index in [0.717, 1.165) is 4.68 Å². The molecule has 0 spiro atoms. The van der Waals surface area contributed by atoms with Crippen molar-refractivity contribution in [3.8, 4) is 5.75 Å². The summed E-state index contributed by atoms with van der Waals surface area (Å²) in [4.78, 5) is 0. The molecule has 1 heterocycles. The van der Waals surface area contributed by atoms with Gasteiger partial charge in [0.05, 0.1) is 6.21 Å². The highest BCUT2D eigenvalue weighted by molar-refractivity contribution is 7.71. The molecule has 8 heteroatoms. The van der Waals surface area contributed by atoms with Crippen LogP contribution in [0.25, 0.3) is 0 Å². The maximum atomic E-state index is 12.6. The summed E-state index contributed by atoms with van der Waals surface area (Å²) in [6.07, 6.45) is -1.48. The van der Waals surface area contributed by atoms with Gasteiger partial charge in [0.25, 0.3) is 6.43 Å². The van der Waals surface area contributed by atoms with Gasteiger partial charge in [0.2, 0.25) is 10.6 Å². The highest BCUT2D eigenvalue weighted by atomic mass is 32.1. The van der Waals surface area contributed by atoms with Crippen LogP contribution in [0.2, 0.25) is 0 Å². The Morgan fingerprint density at radius 2 is 2.28 bits per heavy atom. The molecule has 0 aliphatic heterocycles. The molecular formula is C10H8F2N4OS. The normalized spacial score (nSPS) is 11.5. The lowest BCUT2D eigenvalue weighted by atomic mass is 10.2. The number of phenols is 1. The fourth-order valence-electron chi connectivity index (χ4n) is 1.29. The monoisotopic (exact) mass is 270 g/mol. The molecule has 18 heavy (non-hydrogen) atoms. The lowest BCUT2D eigenvalue weighted by molar-refractivity contribution is 0.136. The minimum absolute atomic E-state index is 0.0262. The Labute approximate surface area is 105 Å². The predicted molar refractivity (Wildman–Crippen MR) is 63.5 cm³/mol. The highest BCUT2D eigenvalue weighted by Gasteiger charge is 2.15. The lowest BCUT2D eigenvalue weighted by Crippen LogP contribution is -1.99. The van der Waals surface area contributed by atoms with Gasteiger partial charge >= 0.3 is 0 Å². The van der Waals surface area contributed by atoms with Crippen LogP contribution in [-0.2, 0) is 0 Å². The second-order valence-electron chi connectivity index (χ2n) is 3.34. The Kier molecular flexibility index (Phi) is 3.47. The molecule has 1 aromatic heterocycles. The van der Waals surface area contributed by atoms with E-state index >= 15 is 0 Å². The van der Waals surface area contributed by atoms with Crippen LogP contribution < -0.4 is 0 Å². The van der Waals surface area contributed by atoms with Gasteiger partial charge in [-0.15, -0.1) is 0 Å². The van der Waals surface area contributed by atoms with Crippen LogP contribution in [0.15, 0.2) is 29.4 Å². The van der Waals surface area contributed by atoms with Crippen LogP contribution in [0.1, 0.15) is 17.8 Å². The molecule has 2 aromatic rings. The number of nitrogens with one attached hydrogen (secondary N) is 1. The largest absolute Gasteiger partial charge is 0.508 e. The van der Waals surface area contributed by atoms with Gasteiger partial charge in [-0.1, -0.05) is 12.1 Å². The predicted octanol–water partition coefficient (Wildman–Crippen LogP) is 2.47. The van der Waals surface area contributed by atoms with Crippen LogP contribution in [-0.4, -0.2) is 26.2 Å². The number of aromatic nitrogens is 3. The zero-order chi connectivity index (χ0) is 13.1. The third-order valence-corrected chi connectivity index (χ3v) is 2.33. The van der Waals surface area contributed by atoms with Gasteiger partial charge < -0.3 is 5.11 Å². The maximum Gasteiger partial charge on any atom is 0.299 e. The van der Waals surface area contributed by atoms with Gasteiger partial charge in [0, 0.05) is 0 Å². The molecule has 0 aliphatic rings. The van der Waals surface area contributed by atoms with E-state index in [1.807, 2.05) is 0 Å². The first-order chi connectivity index (χ1) is 8.58. The molecule has 2 rings (SSSR count). The summed E-state index contributed by atoms with van der Waals surface area (Å²) >= 11 is 4.78. The summed E-state index contributed by atoms with van der Waals surface area (Å²) in [6, 6.07) is 6.20. The van der Waals surface area contributed by atoms with Crippen molar-refractivity contribution in [3.63, 3.8) is 0 Å². The fraction of sp³-hybridized carbons (Fsp3) is 0.100. The first kappa shape index (κ1) is 12.4. The standard InChI is InChI=1S/C10H8F2N4OS/c11-8(12)9-14-15-10(18)16(9)13-5-6-2-1-3-7(17)4-6/h1-5,8,17H,(H,15,18)/b13-5-. The average molecular weight is 270 g/mol. The molecule has 0 atom stereocenters. The number of rotatable bonds is 3. The van der Waals surface area contributed by atoms with Crippen LogP contribution in [0.5, 0.6) is 5.75 Å². The van der Waals surface area contributed by atoms with E-state index in [1.54, 1.807) is 12.1 Å². The number of aromatic amines is 1. The van der Waals surface area contributed by atoms with E-state index < -0.39 is 12.2 Å². The third-order valence-electron chi connectivity index (χ3n) is 2.06. The second kappa shape index (κ2) is 5.05. The smallest absolute Gasteiger partial charge is 0.299 e. The summed E-state index contributed by atoms with van der Waals surface area (Å²) in [6.45, 7) is 0. The van der Waals surface area contributed by atoms with Crippen molar-refractivity contribution in [2.75, 3.05) is 0 Å². The summed E-state index contributed by atoms with van der Waals surface area (Å²) in [5.41, 5.74) is 0.554. The van der Waals surface area contributed by atoms with Crippen molar-refractivity contribution in [1.82, 2.24) is 14.9 Å². The van der Waals surface area contributed by atoms with E-state index in [-0.39, 0.29) is 10.5 Å². The van der Waals surface area contributed by atoms with Crippen molar-refractivity contribution in [2.45, 2.75) is 6.43 Å². The molecule has 0 saturated heterocycles. The van der Waals surface area contributed by atoms with Gasteiger partial charge in [-0.25, -0.2) is 13.9 Å². The molecular weight excluding hydrogens is 262 g/mol. The lowest BCUT2D eigenvalue weighted by Gasteiger charge is -1.98. The van der Waals surface area contributed by atoms with Crippen LogP contribution in [0.4, 0.5) is 8.78 Å². The molecule has 5 nitrogen and oxygen atoms in total. The quantitative estimate of drug-likeness (QED) is 0.665. The Morgan fingerprint density at radius 3 is 2.94 bits per heavy atom. The highest BCUT2D eigenvalue weighted by Crippen LogP contribution is 2.16. The summed E-state index contributed by atoms with van der Waals surface area (Å²) in [5.74, 6) is -0.500. The number of phenolic OH excluding ortho intramolecular Hbond substituents is 1. The molecule has 1 aromatic carbocycles. The number of aromatic hydroxyl groups is 1. The fourth-order valence-corrected chi connectivity index (χ4v) is 1.47. The van der Waals surface area contributed by atoms with E-state index in [4.69, 9.17) is 12.2 Å². The third kappa shape index (κ3) is 2.59. The topological polar surface area (TPSA) is 66.2 Å². The van der Waals surface area contributed by atoms with Crippen molar-refractivity contribution in [3.05, 3.63) is 40.4 Å². The SMILES string of the molecule is Oc1cccc(/C=N\n2c(C(F)F)n[nH]c2=S)c1. The molecule has 0 radical (unpaired) electrons. The minimum Gasteiger partial charge on any atom is -0.508 e. The van der Waals surface area contributed by atoms with Crippen LogP contribution in [0, 0.1) is 4.77 Å². The first-order valence-electron chi connectivity index (χ1n) is 4.87. The molecule has 94 valence electrons. The molecule has 0 saturated carbocycles. The van der Waals surface area contributed by atoms with E-state index in [2.05, 4.69) is 15.3 Å². The number of alkyl halides is 2. The Balaban J connectivity index is 2.34. The molecule has 0 amide bonds. The van der Waals surface area contributed by atoms with Gasteiger partial charge in [-0.3, -0.25) is 0 Å². The number of hydrogen-bond donors (Lipinski definition) is 2. The molecule has 2 N–H and O–H groups in total. The number of H-pyrrole nitrogens is 1. The first-order valence-corrected chi connectivity index (χ1v) is 5.27. The molecule has 0 bridgehead atoms. The maximum absolute atomic E-state index is 12.6. The van der Waals surface area contributed by atoms with Gasteiger partial charge in [-0.2, -0.15) is 14.9 Å². The summed E-state index contributed by atoms with van der Waals surface area (Å²) < 4.78 is 25.9. The van der Waals surface area contributed by atoms with Crippen LogP contribution >= 0.6 is 12.2 Å². The van der Waals surface area contributed by atoms with Crippen LogP contribution in [0.3, 0.4) is 0 Å². The van der Waals surface area contributed by atoms with Crippen molar-refractivity contribution in [2.24, 2.45) is 5.10 Å². The van der Waals surface area contributed by atoms with Crippen molar-refractivity contribution >= 4 is 18.4 Å². The molecule has 0 aliphatic carbocycles. The van der Waals surface area contributed by atoms with E-state index in [1.165, 1.54) is 18.3 Å². The number of benzene rings is 1. The Bertz CT molecular complexity index is 635. The minimum atomic E-state index is -2.78. The van der Waals surface area contributed by atoms with Gasteiger partial charge in [0.1, 0.15) is 5.75 Å². The molecule has 0 fully saturated rings. The zero-order valence-corrected chi connectivity index (χ0v) is 9.73. The van der Waals surface area contributed by atoms with Gasteiger partial charge in [0.15, 0.2) is 0 Å². The zero-order valence-electron chi connectivity index (χ0n) is 8.92. The summed E-state index contributed by atoms with van der Waals surface area (Å²) in [5, 5.41) is 18.7. The Hall–Kier alpha value is -2.09. The second-order valence-corrected chi connectivity index (χ2v) is 3.73. The van der Waals surface area contributed by atoms with Crippen molar-refractivity contribution < 1.29 is 13.9 Å². The molecule has 0 unspecified atom stereocenters. The summed E-state index contributed by atoms with van der Waals surface area (Å²) in [7, 11) is 0. The number of nitrogens with zero attached hydrogens (tertiary/aromatic N) is 3. The van der Waals surface area contributed by atoms with E-state index in [0.29, 0.717) is 5.56 Å². The van der Waals surface area contributed by atoms with Crippen molar-refractivity contribution in [1.29, 1.82) is 0 Å².